The topological polar surface area (TPSA) is 95.1 Å². The Morgan fingerprint density at radius 3 is 2.34 bits per heavy atom. The van der Waals surface area contributed by atoms with Crippen molar-refractivity contribution >= 4 is 43.9 Å². The Morgan fingerprint density at radius 2 is 1.60 bits per heavy atom. The molecule has 0 radical (unpaired) electrons. The third-order valence-electron chi connectivity index (χ3n) is 10.4. The van der Waals surface area contributed by atoms with Gasteiger partial charge in [-0.15, -0.1) is 0 Å². The number of anilines is 2. The average Bonchev–Trinajstić information content (AvgIpc) is 3.21. The van der Waals surface area contributed by atoms with Gasteiger partial charge in [0.1, 0.15) is 18.4 Å². The lowest BCUT2D eigenvalue weighted by Gasteiger charge is -2.31. The van der Waals surface area contributed by atoms with Crippen LogP contribution in [0, 0.1) is 5.92 Å². The fraction of sp³-hybridized carbons (Fsp3) is 0.273. The molecule has 0 saturated carbocycles. The van der Waals surface area contributed by atoms with Crippen molar-refractivity contribution in [2.24, 2.45) is 16.6 Å². The van der Waals surface area contributed by atoms with Gasteiger partial charge in [-0.05, 0) is 67.3 Å². The summed E-state index contributed by atoms with van der Waals surface area (Å²) < 4.78 is 38.8. The smallest absolute Gasteiger partial charge is 0.243 e. The zero-order valence-electron chi connectivity index (χ0n) is 30.8. The summed E-state index contributed by atoms with van der Waals surface area (Å²) in [5, 5.41) is 1.87. The van der Waals surface area contributed by atoms with E-state index in [9.17, 15) is 8.42 Å². The summed E-state index contributed by atoms with van der Waals surface area (Å²) in [6.07, 6.45) is 4.63. The van der Waals surface area contributed by atoms with Gasteiger partial charge in [0.05, 0.1) is 16.8 Å². The molecule has 0 aromatic heterocycles. The van der Waals surface area contributed by atoms with Crippen LogP contribution in [0.15, 0.2) is 136 Å². The highest BCUT2D eigenvalue weighted by atomic mass is 32.2. The van der Waals surface area contributed by atoms with Crippen molar-refractivity contribution in [3.8, 4) is 22.5 Å². The molecule has 1 fully saturated rings. The van der Waals surface area contributed by atoms with Gasteiger partial charge in [0.2, 0.25) is 21.1 Å². The van der Waals surface area contributed by atoms with Gasteiger partial charge in [0.25, 0.3) is 0 Å². The summed E-state index contributed by atoms with van der Waals surface area (Å²) in [7, 11) is 0.324. The first-order chi connectivity index (χ1) is 25.7. The number of nitrogens with two attached hydrogens (primary N) is 1. The van der Waals surface area contributed by atoms with E-state index in [0.29, 0.717) is 43.1 Å². The van der Waals surface area contributed by atoms with E-state index < -0.39 is 10.0 Å². The van der Waals surface area contributed by atoms with E-state index in [-0.39, 0.29) is 10.8 Å². The summed E-state index contributed by atoms with van der Waals surface area (Å²) in [5.74, 6) is 1.47. The largest absolute Gasteiger partial charge is 0.456 e. The Hall–Kier alpha value is -5.25. The van der Waals surface area contributed by atoms with Gasteiger partial charge in [-0.1, -0.05) is 68.3 Å². The molecular formula is C44H48N5O3S+. The van der Waals surface area contributed by atoms with Crippen molar-refractivity contribution in [1.29, 1.82) is 0 Å². The first kappa shape index (κ1) is 36.1. The van der Waals surface area contributed by atoms with E-state index in [0.717, 1.165) is 70.3 Å². The highest BCUT2D eigenvalue weighted by molar-refractivity contribution is 7.89. The third-order valence-corrected chi connectivity index (χ3v) is 12.3. The first-order valence-electron chi connectivity index (χ1n) is 18.6. The molecular weight excluding hydrogens is 679 g/mol. The average molecular weight is 727 g/mol. The summed E-state index contributed by atoms with van der Waals surface area (Å²) in [6, 6.07) is 40.2. The number of benzene rings is 5. The monoisotopic (exact) mass is 726 g/mol. The molecule has 1 aliphatic carbocycles. The molecule has 7 rings (SSSR count). The van der Waals surface area contributed by atoms with Crippen LogP contribution in [-0.2, 0) is 10.0 Å². The second-order valence-electron chi connectivity index (χ2n) is 13.8. The molecule has 9 heteroatoms. The van der Waals surface area contributed by atoms with Gasteiger partial charge < -0.3 is 15.1 Å². The van der Waals surface area contributed by atoms with Crippen molar-refractivity contribution in [2.75, 3.05) is 38.6 Å². The van der Waals surface area contributed by atoms with E-state index in [1.54, 1.807) is 10.4 Å². The van der Waals surface area contributed by atoms with Crippen LogP contribution in [0.25, 0.3) is 33.4 Å². The SMILES string of the molecule is CCCCCN=C(N)C1CCN(S(=O)(=O)c2cccc(-c3c4ccc(=[N+](C)c5ccccc5)cc-4oc4cc(N(C)c5ccccc5)ccc34)c2)CC1. The molecule has 272 valence electrons. The predicted octanol–water partition coefficient (Wildman–Crippen LogP) is 8.65. The minimum atomic E-state index is -3.75. The molecule has 0 bridgehead atoms. The molecule has 4 aromatic carbocycles. The van der Waals surface area contributed by atoms with Crippen molar-refractivity contribution in [3.05, 3.63) is 127 Å². The zero-order chi connectivity index (χ0) is 37.0. The summed E-state index contributed by atoms with van der Waals surface area (Å²) in [4.78, 5) is 7.00. The number of hydrogen-bond donors (Lipinski definition) is 1. The minimum absolute atomic E-state index is 0.108. The van der Waals surface area contributed by atoms with Gasteiger partial charge in [-0.3, -0.25) is 4.99 Å². The molecule has 0 atom stereocenters. The number of piperidine rings is 1. The van der Waals surface area contributed by atoms with E-state index in [1.165, 1.54) is 0 Å². The van der Waals surface area contributed by atoms with Crippen LogP contribution in [-0.4, -0.2) is 52.3 Å². The Balaban J connectivity index is 1.28. The fourth-order valence-electron chi connectivity index (χ4n) is 7.25. The molecule has 1 saturated heterocycles. The van der Waals surface area contributed by atoms with Crippen LogP contribution in [0.4, 0.5) is 17.1 Å². The molecule has 2 aliphatic heterocycles. The summed E-state index contributed by atoms with van der Waals surface area (Å²) >= 11 is 0. The fourth-order valence-corrected chi connectivity index (χ4v) is 8.77. The molecule has 3 aliphatic rings. The first-order valence-corrected chi connectivity index (χ1v) is 20.0. The highest BCUT2D eigenvalue weighted by Crippen LogP contribution is 2.42. The molecule has 0 spiro atoms. The lowest BCUT2D eigenvalue weighted by atomic mass is 9.93. The Bertz CT molecular complexity index is 2380. The van der Waals surface area contributed by atoms with E-state index in [4.69, 9.17) is 10.2 Å². The van der Waals surface area contributed by atoms with Crippen molar-refractivity contribution < 1.29 is 12.8 Å². The number of hydrogen-bond acceptors (Lipinski definition) is 5. The van der Waals surface area contributed by atoms with Crippen LogP contribution >= 0.6 is 0 Å². The maximum atomic E-state index is 14.2. The quantitative estimate of drug-likeness (QED) is 0.0474. The summed E-state index contributed by atoms with van der Waals surface area (Å²) in [5.41, 5.74) is 12.8. The third kappa shape index (κ3) is 7.63. The molecule has 0 amide bonds. The lowest BCUT2D eigenvalue weighted by molar-refractivity contribution is 0.315. The Labute approximate surface area is 312 Å². The Kier molecular flexibility index (Phi) is 10.8. The predicted molar refractivity (Wildman–Crippen MR) is 218 cm³/mol. The molecule has 2 N–H and O–H groups in total. The lowest BCUT2D eigenvalue weighted by Crippen LogP contribution is -2.41. The number of amidine groups is 1. The van der Waals surface area contributed by atoms with Gasteiger partial charge in [0, 0.05) is 84.8 Å². The summed E-state index contributed by atoms with van der Waals surface area (Å²) in [6.45, 7) is 3.72. The zero-order valence-corrected chi connectivity index (χ0v) is 31.6. The number of para-hydroxylation sites is 2. The van der Waals surface area contributed by atoms with Gasteiger partial charge in [0.15, 0.2) is 0 Å². The van der Waals surface area contributed by atoms with Crippen LogP contribution in [0.1, 0.15) is 39.0 Å². The second kappa shape index (κ2) is 15.8. The number of sulfonamides is 1. The second-order valence-corrected chi connectivity index (χ2v) is 15.8. The minimum Gasteiger partial charge on any atom is -0.456 e. The number of nitrogens with zero attached hydrogens (tertiary/aromatic N) is 4. The highest BCUT2D eigenvalue weighted by Gasteiger charge is 2.31. The van der Waals surface area contributed by atoms with Crippen molar-refractivity contribution in [3.63, 3.8) is 0 Å². The number of rotatable bonds is 11. The van der Waals surface area contributed by atoms with Crippen LogP contribution in [0.3, 0.4) is 0 Å². The normalized spacial score (nSPS) is 15.2. The molecule has 0 unspecified atom stereocenters. The maximum absolute atomic E-state index is 14.2. The molecule has 2 heterocycles. The molecule has 8 nitrogen and oxygen atoms in total. The molecule has 4 aromatic rings. The van der Waals surface area contributed by atoms with Crippen molar-refractivity contribution in [2.45, 2.75) is 43.9 Å². The Morgan fingerprint density at radius 1 is 0.868 bits per heavy atom. The standard InChI is InChI=1S/C44H48N5O3S/c1-4-5-12-26-46-44(45)32-24-27-49(28-25-32)53(50,51)38-19-13-14-33(29-38)43-39-22-20-36(47(2)34-15-8-6-9-16-34)30-41(39)52-42-31-37(21-23-40(42)43)48(3)35-17-10-7-11-18-35/h6-11,13-23,29-32H,4-5,12,24-28H2,1-3H3,(H2,45,46)/q+1. The van der Waals surface area contributed by atoms with E-state index in [1.807, 2.05) is 68.7 Å². The maximum Gasteiger partial charge on any atom is 0.243 e. The number of unbranched alkanes of at least 4 members (excludes halogenated alkanes) is 2. The van der Waals surface area contributed by atoms with Crippen LogP contribution in [0.5, 0.6) is 0 Å². The molecule has 53 heavy (non-hydrogen) atoms. The van der Waals surface area contributed by atoms with Gasteiger partial charge >= 0.3 is 0 Å². The number of fused-ring (bicyclic) bond motifs is 2. The van der Waals surface area contributed by atoms with E-state index in [2.05, 4.69) is 82.1 Å². The van der Waals surface area contributed by atoms with Gasteiger partial charge in [-0.25, -0.2) is 8.42 Å². The van der Waals surface area contributed by atoms with Crippen LogP contribution < -0.4 is 20.6 Å². The van der Waals surface area contributed by atoms with Crippen molar-refractivity contribution in [1.82, 2.24) is 8.88 Å². The van der Waals surface area contributed by atoms with Gasteiger partial charge in [-0.2, -0.15) is 8.88 Å². The van der Waals surface area contributed by atoms with Crippen LogP contribution in [0.2, 0.25) is 0 Å². The van der Waals surface area contributed by atoms with E-state index >= 15 is 0 Å². The number of aliphatic imine (C=N–C) groups is 1.